The summed E-state index contributed by atoms with van der Waals surface area (Å²) >= 11 is 0. The first-order chi connectivity index (χ1) is 13.4. The summed E-state index contributed by atoms with van der Waals surface area (Å²) in [6, 6.07) is 12.7. The molecule has 1 aromatic carbocycles. The molecular weight excluding hydrogens is 369 g/mol. The third-order valence-electron chi connectivity index (χ3n) is 4.78. The maximum atomic E-state index is 12.9. The first-order valence-electron chi connectivity index (χ1n) is 8.92. The van der Waals surface area contributed by atoms with Gasteiger partial charge in [0.15, 0.2) is 0 Å². The van der Waals surface area contributed by atoms with E-state index in [1.165, 1.54) is 12.1 Å². The predicted octanol–water partition coefficient (Wildman–Crippen LogP) is 4.81. The van der Waals surface area contributed by atoms with Gasteiger partial charge in [0.05, 0.1) is 23.3 Å². The van der Waals surface area contributed by atoms with Crippen LogP contribution in [0.2, 0.25) is 0 Å². The molecular formula is C20H17F3N4O. The lowest BCUT2D eigenvalue weighted by Crippen LogP contribution is -2.19. The average Bonchev–Trinajstić information content (AvgIpc) is 3.04. The van der Waals surface area contributed by atoms with Crippen molar-refractivity contribution in [2.45, 2.75) is 31.4 Å². The zero-order valence-corrected chi connectivity index (χ0v) is 14.8. The highest BCUT2D eigenvalue weighted by Crippen LogP contribution is 2.39. The molecule has 144 valence electrons. The van der Waals surface area contributed by atoms with E-state index in [9.17, 15) is 18.0 Å². The molecule has 0 atom stereocenters. The van der Waals surface area contributed by atoms with Crippen molar-refractivity contribution in [1.29, 1.82) is 0 Å². The minimum absolute atomic E-state index is 0.231. The van der Waals surface area contributed by atoms with Gasteiger partial charge >= 0.3 is 6.18 Å². The fourth-order valence-electron chi connectivity index (χ4n) is 3.09. The Kier molecular flexibility index (Phi) is 4.62. The maximum Gasteiger partial charge on any atom is 0.433 e. The van der Waals surface area contributed by atoms with Crippen LogP contribution in [0.1, 0.15) is 47.1 Å². The third kappa shape index (κ3) is 3.62. The standard InChI is InChI=1S/C20H17F3N4O/c21-20(22,23)17-11-5-10-15(24-17)19(28)25-16-12-27(14-8-2-1-3-9-14)26-18(16)13-6-4-7-13/h1-3,5,8-13H,4,6-7H2,(H,25,28). The van der Waals surface area contributed by atoms with Crippen molar-refractivity contribution in [3.8, 4) is 5.69 Å². The zero-order valence-electron chi connectivity index (χ0n) is 14.8. The van der Waals surface area contributed by atoms with Gasteiger partial charge in [-0.05, 0) is 37.1 Å². The van der Waals surface area contributed by atoms with Crippen LogP contribution in [0.5, 0.6) is 0 Å². The fraction of sp³-hybridized carbons (Fsp3) is 0.250. The predicted molar refractivity (Wildman–Crippen MR) is 97.3 cm³/mol. The highest BCUT2D eigenvalue weighted by atomic mass is 19.4. The Morgan fingerprint density at radius 1 is 1.07 bits per heavy atom. The van der Waals surface area contributed by atoms with E-state index >= 15 is 0 Å². The number of anilines is 1. The van der Waals surface area contributed by atoms with Crippen molar-refractivity contribution in [2.75, 3.05) is 5.32 Å². The van der Waals surface area contributed by atoms with Crippen LogP contribution in [0.15, 0.2) is 54.7 Å². The molecule has 1 amide bonds. The van der Waals surface area contributed by atoms with Crippen LogP contribution >= 0.6 is 0 Å². The molecule has 1 fully saturated rings. The summed E-state index contributed by atoms with van der Waals surface area (Å²) in [6.45, 7) is 0. The van der Waals surface area contributed by atoms with E-state index in [-0.39, 0.29) is 11.6 Å². The molecule has 0 radical (unpaired) electrons. The minimum Gasteiger partial charge on any atom is -0.318 e. The van der Waals surface area contributed by atoms with Gasteiger partial charge in [-0.1, -0.05) is 30.7 Å². The topological polar surface area (TPSA) is 59.8 Å². The average molecular weight is 386 g/mol. The maximum absolute atomic E-state index is 12.9. The second-order valence-corrected chi connectivity index (χ2v) is 6.70. The largest absolute Gasteiger partial charge is 0.433 e. The summed E-state index contributed by atoms with van der Waals surface area (Å²) in [5, 5.41) is 7.30. The molecule has 0 aliphatic heterocycles. The monoisotopic (exact) mass is 386 g/mol. The molecule has 3 aromatic rings. The normalized spacial score (nSPS) is 14.5. The molecule has 0 spiro atoms. The van der Waals surface area contributed by atoms with Crippen LogP contribution in [0.25, 0.3) is 5.69 Å². The van der Waals surface area contributed by atoms with Gasteiger partial charge < -0.3 is 5.32 Å². The number of nitrogens with one attached hydrogen (secondary N) is 1. The number of hydrogen-bond acceptors (Lipinski definition) is 3. The van der Waals surface area contributed by atoms with Crippen LogP contribution in [-0.4, -0.2) is 20.7 Å². The number of alkyl halides is 3. The van der Waals surface area contributed by atoms with E-state index in [0.717, 1.165) is 36.7 Å². The Morgan fingerprint density at radius 3 is 2.46 bits per heavy atom. The van der Waals surface area contributed by atoms with E-state index in [0.29, 0.717) is 5.69 Å². The number of hydrogen-bond donors (Lipinski definition) is 1. The Bertz CT molecular complexity index is 994. The molecule has 1 N–H and O–H groups in total. The van der Waals surface area contributed by atoms with Crippen molar-refractivity contribution >= 4 is 11.6 Å². The van der Waals surface area contributed by atoms with Gasteiger partial charge in [-0.2, -0.15) is 18.3 Å². The van der Waals surface area contributed by atoms with Gasteiger partial charge in [0.1, 0.15) is 11.4 Å². The number of halogens is 3. The lowest BCUT2D eigenvalue weighted by Gasteiger charge is -2.24. The molecule has 0 saturated heterocycles. The van der Waals surface area contributed by atoms with E-state index in [2.05, 4.69) is 15.4 Å². The Balaban J connectivity index is 1.64. The second-order valence-electron chi connectivity index (χ2n) is 6.70. The number of pyridine rings is 1. The van der Waals surface area contributed by atoms with Gasteiger partial charge in [0.2, 0.25) is 0 Å². The Hall–Kier alpha value is -3.16. The first kappa shape index (κ1) is 18.2. The second kappa shape index (κ2) is 7.10. The van der Waals surface area contributed by atoms with Crippen molar-refractivity contribution < 1.29 is 18.0 Å². The van der Waals surface area contributed by atoms with E-state index in [1.807, 2.05) is 30.3 Å². The molecule has 4 rings (SSSR count). The molecule has 1 saturated carbocycles. The Labute approximate surface area is 159 Å². The van der Waals surface area contributed by atoms with E-state index in [1.54, 1.807) is 10.9 Å². The van der Waals surface area contributed by atoms with Crippen LogP contribution in [0.3, 0.4) is 0 Å². The number of carbonyl (C=O) groups is 1. The summed E-state index contributed by atoms with van der Waals surface area (Å²) < 4.78 is 40.3. The number of amides is 1. The van der Waals surface area contributed by atoms with Crippen molar-refractivity contribution in [3.63, 3.8) is 0 Å². The molecule has 0 unspecified atom stereocenters. The van der Waals surface area contributed by atoms with Crippen LogP contribution in [-0.2, 0) is 6.18 Å². The van der Waals surface area contributed by atoms with Gasteiger partial charge in [-0.15, -0.1) is 0 Å². The number of carbonyl (C=O) groups excluding carboxylic acids is 1. The van der Waals surface area contributed by atoms with Crippen molar-refractivity contribution in [3.05, 3.63) is 71.8 Å². The molecule has 2 heterocycles. The lowest BCUT2D eigenvalue weighted by atomic mass is 9.82. The van der Waals surface area contributed by atoms with E-state index in [4.69, 9.17) is 0 Å². The zero-order chi connectivity index (χ0) is 19.7. The Morgan fingerprint density at radius 2 is 1.82 bits per heavy atom. The number of benzene rings is 1. The van der Waals surface area contributed by atoms with Gasteiger partial charge in [-0.3, -0.25) is 4.79 Å². The summed E-state index contributed by atoms with van der Waals surface area (Å²) in [6.07, 6.45) is 0.110. The highest BCUT2D eigenvalue weighted by molar-refractivity contribution is 6.03. The summed E-state index contributed by atoms with van der Waals surface area (Å²) in [5.41, 5.74) is 0.690. The number of rotatable bonds is 4. The van der Waals surface area contributed by atoms with Gasteiger partial charge in [0, 0.05) is 5.92 Å². The molecule has 1 aliphatic carbocycles. The number of para-hydroxylation sites is 1. The third-order valence-corrected chi connectivity index (χ3v) is 4.78. The minimum atomic E-state index is -4.61. The van der Waals surface area contributed by atoms with Gasteiger partial charge in [0.25, 0.3) is 5.91 Å². The lowest BCUT2D eigenvalue weighted by molar-refractivity contribution is -0.141. The number of nitrogens with zero attached hydrogens (tertiary/aromatic N) is 3. The highest BCUT2D eigenvalue weighted by Gasteiger charge is 2.33. The SMILES string of the molecule is O=C(Nc1cn(-c2ccccc2)nc1C1CCC1)c1cccc(C(F)(F)F)n1. The molecule has 2 aromatic heterocycles. The van der Waals surface area contributed by atoms with Crippen molar-refractivity contribution in [1.82, 2.24) is 14.8 Å². The molecule has 28 heavy (non-hydrogen) atoms. The molecule has 0 bridgehead atoms. The van der Waals surface area contributed by atoms with Crippen LogP contribution in [0, 0.1) is 0 Å². The quantitative estimate of drug-likeness (QED) is 0.700. The van der Waals surface area contributed by atoms with Crippen LogP contribution in [0.4, 0.5) is 18.9 Å². The van der Waals surface area contributed by atoms with E-state index < -0.39 is 17.8 Å². The smallest absolute Gasteiger partial charge is 0.318 e. The van der Waals surface area contributed by atoms with Crippen LogP contribution < -0.4 is 5.32 Å². The van der Waals surface area contributed by atoms with Crippen molar-refractivity contribution in [2.24, 2.45) is 0 Å². The summed E-state index contributed by atoms with van der Waals surface area (Å²) in [7, 11) is 0. The molecule has 8 heteroatoms. The summed E-state index contributed by atoms with van der Waals surface area (Å²) in [5.74, 6) is -0.464. The van der Waals surface area contributed by atoms with Gasteiger partial charge in [-0.25, -0.2) is 9.67 Å². The molecule has 1 aliphatic rings. The summed E-state index contributed by atoms with van der Waals surface area (Å²) in [4.78, 5) is 16.0. The first-order valence-corrected chi connectivity index (χ1v) is 8.92. The number of aromatic nitrogens is 3. The fourth-order valence-corrected chi connectivity index (χ4v) is 3.09. The molecule has 5 nitrogen and oxygen atoms in total.